The minimum Gasteiger partial charge on any atom is -0.465 e. The molecule has 4 nitrogen and oxygen atoms in total. The molecule has 0 aromatic carbocycles. The van der Waals surface area contributed by atoms with Crippen LogP contribution in [0.4, 0.5) is 0 Å². The Morgan fingerprint density at radius 2 is 2.11 bits per heavy atom. The number of carbonyl (C=O) groups excluding carboxylic acids is 1. The van der Waals surface area contributed by atoms with Gasteiger partial charge in [0.25, 0.3) is 0 Å². The fourth-order valence-electron chi connectivity index (χ4n) is 3.46. The zero-order valence-electron chi connectivity index (χ0n) is 11.7. The fraction of sp³-hybridized carbons (Fsp3) is 0.929. The van der Waals surface area contributed by atoms with Gasteiger partial charge in [-0.2, -0.15) is 0 Å². The normalized spacial score (nSPS) is 32.9. The third-order valence-corrected chi connectivity index (χ3v) is 4.33. The lowest BCUT2D eigenvalue weighted by atomic mass is 9.97. The highest BCUT2D eigenvalue weighted by atomic mass is 16.5. The van der Waals surface area contributed by atoms with Crippen LogP contribution in [0.3, 0.4) is 0 Å². The van der Waals surface area contributed by atoms with Crippen LogP contribution in [-0.2, 0) is 9.53 Å². The van der Waals surface area contributed by atoms with E-state index in [4.69, 9.17) is 4.74 Å². The zero-order chi connectivity index (χ0) is 13.0. The zero-order valence-corrected chi connectivity index (χ0v) is 11.7. The van der Waals surface area contributed by atoms with Gasteiger partial charge in [-0.15, -0.1) is 0 Å². The van der Waals surface area contributed by atoms with Crippen molar-refractivity contribution in [3.63, 3.8) is 0 Å². The van der Waals surface area contributed by atoms with Gasteiger partial charge < -0.3 is 15.0 Å². The summed E-state index contributed by atoms with van der Waals surface area (Å²) in [6.07, 6.45) is 5.57. The van der Waals surface area contributed by atoms with Crippen molar-refractivity contribution in [2.24, 2.45) is 0 Å². The summed E-state index contributed by atoms with van der Waals surface area (Å²) in [5.41, 5.74) is -0.419. The Hall–Kier alpha value is -0.610. The maximum absolute atomic E-state index is 12.2. The highest BCUT2D eigenvalue weighted by molar-refractivity contribution is 5.81. The number of likely N-dealkylation sites (tertiary alicyclic amines) is 1. The molecule has 1 aliphatic carbocycles. The third kappa shape index (κ3) is 2.69. The third-order valence-electron chi connectivity index (χ3n) is 4.33. The van der Waals surface area contributed by atoms with Crippen molar-refractivity contribution in [2.45, 2.75) is 57.5 Å². The highest BCUT2D eigenvalue weighted by Gasteiger charge is 2.47. The molecule has 2 fully saturated rings. The molecular formula is C14H26N2O2. The van der Waals surface area contributed by atoms with Crippen LogP contribution in [0.25, 0.3) is 0 Å². The Labute approximate surface area is 110 Å². The van der Waals surface area contributed by atoms with Gasteiger partial charge in [-0.25, -0.2) is 0 Å². The second-order valence-corrected chi connectivity index (χ2v) is 5.47. The second-order valence-electron chi connectivity index (χ2n) is 5.47. The quantitative estimate of drug-likeness (QED) is 0.756. The Morgan fingerprint density at radius 3 is 2.72 bits per heavy atom. The molecule has 18 heavy (non-hydrogen) atoms. The second kappa shape index (κ2) is 6.02. The van der Waals surface area contributed by atoms with Gasteiger partial charge in [-0.3, -0.25) is 4.79 Å². The molecule has 0 aromatic rings. The summed E-state index contributed by atoms with van der Waals surface area (Å²) in [5.74, 6) is -0.0476. The monoisotopic (exact) mass is 254 g/mol. The minimum absolute atomic E-state index is 0.0476. The van der Waals surface area contributed by atoms with E-state index in [2.05, 4.69) is 17.1 Å². The smallest absolute Gasteiger partial charge is 0.326 e. The molecule has 0 radical (unpaired) electrons. The van der Waals surface area contributed by atoms with Crippen LogP contribution in [0.5, 0.6) is 0 Å². The van der Waals surface area contributed by atoms with Gasteiger partial charge in [0, 0.05) is 6.04 Å². The van der Waals surface area contributed by atoms with Gasteiger partial charge in [0.05, 0.1) is 6.61 Å². The average molecular weight is 254 g/mol. The Morgan fingerprint density at radius 1 is 1.39 bits per heavy atom. The standard InChI is InChI=1S/C14H26N2O2/c1-3-15-14(13(17)18-4-2)8-7-12(11-14)16-9-5-6-10-16/h12,15H,3-11H2,1-2H3. The molecule has 1 heterocycles. The number of ether oxygens (including phenoxy) is 1. The van der Waals surface area contributed by atoms with Gasteiger partial charge in [0.15, 0.2) is 0 Å². The lowest BCUT2D eigenvalue weighted by molar-refractivity contribution is -0.151. The summed E-state index contributed by atoms with van der Waals surface area (Å²) in [4.78, 5) is 14.8. The fourth-order valence-corrected chi connectivity index (χ4v) is 3.46. The van der Waals surface area contributed by atoms with E-state index in [-0.39, 0.29) is 5.97 Å². The van der Waals surface area contributed by atoms with E-state index in [1.165, 1.54) is 25.9 Å². The van der Waals surface area contributed by atoms with Crippen LogP contribution >= 0.6 is 0 Å². The van der Waals surface area contributed by atoms with Crippen molar-refractivity contribution in [1.29, 1.82) is 0 Å². The summed E-state index contributed by atoms with van der Waals surface area (Å²) in [5, 5.41) is 3.39. The molecule has 1 saturated carbocycles. The number of nitrogens with one attached hydrogen (secondary N) is 1. The SMILES string of the molecule is CCNC1(C(=O)OCC)CCC(N2CCCC2)C1. The van der Waals surface area contributed by atoms with E-state index in [1.54, 1.807) is 0 Å². The molecule has 1 saturated heterocycles. The van der Waals surface area contributed by atoms with E-state index >= 15 is 0 Å². The number of hydrogen-bond donors (Lipinski definition) is 1. The molecule has 1 aliphatic heterocycles. The largest absolute Gasteiger partial charge is 0.465 e. The number of likely N-dealkylation sites (N-methyl/N-ethyl adjacent to an activating group) is 1. The number of esters is 1. The van der Waals surface area contributed by atoms with Crippen LogP contribution in [0, 0.1) is 0 Å². The molecule has 0 spiro atoms. The summed E-state index contributed by atoms with van der Waals surface area (Å²) in [6.45, 7) is 7.64. The first kappa shape index (κ1) is 13.8. The van der Waals surface area contributed by atoms with Crippen LogP contribution in [0.1, 0.15) is 46.0 Å². The van der Waals surface area contributed by atoms with Crippen LogP contribution < -0.4 is 5.32 Å². The van der Waals surface area contributed by atoms with E-state index in [0.29, 0.717) is 12.6 Å². The van der Waals surface area contributed by atoms with Crippen molar-refractivity contribution >= 4 is 5.97 Å². The molecule has 2 atom stereocenters. The molecule has 2 aliphatic rings. The number of hydrogen-bond acceptors (Lipinski definition) is 4. The molecule has 2 unspecified atom stereocenters. The molecule has 104 valence electrons. The molecular weight excluding hydrogens is 228 g/mol. The maximum Gasteiger partial charge on any atom is 0.326 e. The van der Waals surface area contributed by atoms with Crippen LogP contribution in [-0.4, -0.2) is 48.7 Å². The van der Waals surface area contributed by atoms with E-state index in [0.717, 1.165) is 25.8 Å². The minimum atomic E-state index is -0.419. The first-order valence-electron chi connectivity index (χ1n) is 7.38. The Balaban J connectivity index is 2.01. The van der Waals surface area contributed by atoms with Crippen molar-refractivity contribution in [2.75, 3.05) is 26.2 Å². The lowest BCUT2D eigenvalue weighted by Crippen LogP contribution is -2.52. The van der Waals surface area contributed by atoms with E-state index in [9.17, 15) is 4.79 Å². The average Bonchev–Trinajstić information content (AvgIpc) is 2.98. The van der Waals surface area contributed by atoms with Gasteiger partial charge in [0.2, 0.25) is 0 Å². The molecule has 2 rings (SSSR count). The Kier molecular flexibility index (Phi) is 4.62. The van der Waals surface area contributed by atoms with Gasteiger partial charge in [0.1, 0.15) is 5.54 Å². The van der Waals surface area contributed by atoms with Gasteiger partial charge in [-0.05, 0) is 58.7 Å². The van der Waals surface area contributed by atoms with Crippen LogP contribution in [0.15, 0.2) is 0 Å². The van der Waals surface area contributed by atoms with Crippen molar-refractivity contribution in [1.82, 2.24) is 10.2 Å². The van der Waals surface area contributed by atoms with Gasteiger partial charge >= 0.3 is 5.97 Å². The first-order chi connectivity index (χ1) is 8.72. The molecule has 0 amide bonds. The summed E-state index contributed by atoms with van der Waals surface area (Å²) in [6, 6.07) is 0.566. The Bertz CT molecular complexity index is 290. The van der Waals surface area contributed by atoms with Crippen molar-refractivity contribution < 1.29 is 9.53 Å². The molecule has 0 aromatic heterocycles. The maximum atomic E-state index is 12.2. The summed E-state index contributed by atoms with van der Waals surface area (Å²) < 4.78 is 5.27. The van der Waals surface area contributed by atoms with Gasteiger partial charge in [-0.1, -0.05) is 6.92 Å². The lowest BCUT2D eigenvalue weighted by Gasteiger charge is -2.29. The van der Waals surface area contributed by atoms with Crippen molar-refractivity contribution in [3.8, 4) is 0 Å². The first-order valence-corrected chi connectivity index (χ1v) is 7.38. The van der Waals surface area contributed by atoms with E-state index in [1.807, 2.05) is 6.92 Å². The topological polar surface area (TPSA) is 41.6 Å². The summed E-state index contributed by atoms with van der Waals surface area (Å²) in [7, 11) is 0. The molecule has 1 N–H and O–H groups in total. The highest BCUT2D eigenvalue weighted by Crippen LogP contribution is 2.35. The number of carbonyl (C=O) groups is 1. The predicted molar refractivity (Wildman–Crippen MR) is 71.5 cm³/mol. The van der Waals surface area contributed by atoms with E-state index < -0.39 is 5.54 Å². The van der Waals surface area contributed by atoms with Crippen LogP contribution in [0.2, 0.25) is 0 Å². The summed E-state index contributed by atoms with van der Waals surface area (Å²) >= 11 is 0. The number of rotatable bonds is 5. The van der Waals surface area contributed by atoms with Crippen molar-refractivity contribution in [3.05, 3.63) is 0 Å². The predicted octanol–water partition coefficient (Wildman–Crippen LogP) is 1.55. The molecule has 4 heteroatoms. The molecule has 0 bridgehead atoms. The number of nitrogens with zero attached hydrogens (tertiary/aromatic N) is 1.